The first kappa shape index (κ1) is 12.1. The van der Waals surface area contributed by atoms with Crippen LogP contribution in [0.3, 0.4) is 0 Å². The maximum atomic E-state index is 9.87. The van der Waals surface area contributed by atoms with Gasteiger partial charge >= 0.3 is 0 Å². The second kappa shape index (κ2) is 4.67. The molecular formula is C13H21NO. The van der Waals surface area contributed by atoms with E-state index in [1.54, 1.807) is 0 Å². The number of aryl methyl sites for hydroxylation is 1. The molecule has 1 rings (SSSR count). The summed E-state index contributed by atoms with van der Waals surface area (Å²) in [7, 11) is 2.08. The Morgan fingerprint density at radius 1 is 1.20 bits per heavy atom. The molecule has 84 valence electrons. The molecule has 1 atom stereocenters. The predicted molar refractivity (Wildman–Crippen MR) is 64.2 cm³/mol. The Morgan fingerprint density at radius 3 is 2.27 bits per heavy atom. The number of nitrogens with zero attached hydrogens (tertiary/aromatic N) is 1. The minimum absolute atomic E-state index is 0.241. The van der Waals surface area contributed by atoms with Gasteiger partial charge in [0, 0.05) is 17.6 Å². The highest BCUT2D eigenvalue weighted by Crippen LogP contribution is 2.29. The Morgan fingerprint density at radius 2 is 1.80 bits per heavy atom. The third-order valence-corrected chi connectivity index (χ3v) is 3.06. The van der Waals surface area contributed by atoms with Crippen molar-refractivity contribution >= 4 is 0 Å². The van der Waals surface area contributed by atoms with E-state index in [1.807, 2.05) is 25.1 Å². The van der Waals surface area contributed by atoms with Gasteiger partial charge in [0.05, 0.1) is 0 Å². The van der Waals surface area contributed by atoms with Gasteiger partial charge in [-0.15, -0.1) is 0 Å². The van der Waals surface area contributed by atoms with Crippen LogP contribution >= 0.6 is 0 Å². The van der Waals surface area contributed by atoms with E-state index in [9.17, 15) is 5.11 Å². The first-order chi connectivity index (χ1) is 6.93. The Hall–Kier alpha value is -1.02. The highest BCUT2D eigenvalue weighted by Gasteiger charge is 2.16. The van der Waals surface area contributed by atoms with Gasteiger partial charge in [0.15, 0.2) is 0 Å². The standard InChI is InChI=1S/C13H21NO/c1-9(2)14(5)11(4)12-7-6-10(3)8-13(12)15/h6-9,11,15H,1-5H3. The van der Waals surface area contributed by atoms with E-state index < -0.39 is 0 Å². The average molecular weight is 207 g/mol. The van der Waals surface area contributed by atoms with Crippen LogP contribution < -0.4 is 0 Å². The van der Waals surface area contributed by atoms with Gasteiger partial charge < -0.3 is 5.11 Å². The summed E-state index contributed by atoms with van der Waals surface area (Å²) in [5, 5.41) is 9.87. The lowest BCUT2D eigenvalue weighted by Crippen LogP contribution is -2.29. The first-order valence-corrected chi connectivity index (χ1v) is 5.45. The minimum atomic E-state index is 0.241. The zero-order valence-electron chi connectivity index (χ0n) is 10.3. The van der Waals surface area contributed by atoms with Gasteiger partial charge in [0.1, 0.15) is 5.75 Å². The van der Waals surface area contributed by atoms with Crippen LogP contribution in [0.5, 0.6) is 5.75 Å². The van der Waals surface area contributed by atoms with Gasteiger partial charge in [-0.05, 0) is 46.4 Å². The number of aromatic hydroxyl groups is 1. The van der Waals surface area contributed by atoms with E-state index in [0.717, 1.165) is 11.1 Å². The van der Waals surface area contributed by atoms with E-state index in [1.165, 1.54) is 0 Å². The fraction of sp³-hybridized carbons (Fsp3) is 0.538. The van der Waals surface area contributed by atoms with E-state index >= 15 is 0 Å². The summed E-state index contributed by atoms with van der Waals surface area (Å²) < 4.78 is 0. The molecule has 0 amide bonds. The molecule has 0 aliphatic heterocycles. The molecule has 1 unspecified atom stereocenters. The van der Waals surface area contributed by atoms with E-state index in [-0.39, 0.29) is 6.04 Å². The van der Waals surface area contributed by atoms with Gasteiger partial charge in [0.25, 0.3) is 0 Å². The van der Waals surface area contributed by atoms with Crippen LogP contribution in [0.15, 0.2) is 18.2 Å². The van der Waals surface area contributed by atoms with E-state index in [4.69, 9.17) is 0 Å². The fourth-order valence-electron chi connectivity index (χ4n) is 1.67. The average Bonchev–Trinajstić information content (AvgIpc) is 2.15. The molecule has 0 aromatic heterocycles. The molecular weight excluding hydrogens is 186 g/mol. The lowest BCUT2D eigenvalue weighted by molar-refractivity contribution is 0.207. The van der Waals surface area contributed by atoms with Crippen LogP contribution in [0.1, 0.15) is 37.9 Å². The molecule has 0 heterocycles. The summed E-state index contributed by atoms with van der Waals surface area (Å²) in [6, 6.07) is 6.58. The molecule has 2 nitrogen and oxygen atoms in total. The number of phenols is 1. The molecule has 0 aliphatic rings. The number of benzene rings is 1. The Balaban J connectivity index is 2.96. The smallest absolute Gasteiger partial charge is 0.120 e. The highest BCUT2D eigenvalue weighted by molar-refractivity contribution is 5.37. The van der Waals surface area contributed by atoms with Crippen molar-refractivity contribution in [1.29, 1.82) is 0 Å². The fourth-order valence-corrected chi connectivity index (χ4v) is 1.67. The van der Waals surface area contributed by atoms with E-state index in [2.05, 4.69) is 32.7 Å². The quantitative estimate of drug-likeness (QED) is 0.823. The summed E-state index contributed by atoms with van der Waals surface area (Å²) in [6.07, 6.45) is 0. The summed E-state index contributed by atoms with van der Waals surface area (Å²) in [6.45, 7) is 8.41. The molecule has 0 fully saturated rings. The van der Waals surface area contributed by atoms with Crippen molar-refractivity contribution in [3.8, 4) is 5.75 Å². The summed E-state index contributed by atoms with van der Waals surface area (Å²) >= 11 is 0. The number of phenolic OH excluding ortho intramolecular Hbond substituents is 1. The molecule has 0 saturated heterocycles. The predicted octanol–water partition coefficient (Wildman–Crippen LogP) is 3.10. The monoisotopic (exact) mass is 207 g/mol. The van der Waals surface area contributed by atoms with Crippen LogP contribution in [0, 0.1) is 6.92 Å². The molecule has 0 saturated carbocycles. The zero-order valence-corrected chi connectivity index (χ0v) is 10.3. The largest absolute Gasteiger partial charge is 0.508 e. The van der Waals surface area contributed by atoms with E-state index in [0.29, 0.717) is 11.8 Å². The van der Waals surface area contributed by atoms with Gasteiger partial charge in [-0.1, -0.05) is 12.1 Å². The van der Waals surface area contributed by atoms with Crippen LogP contribution in [0.25, 0.3) is 0 Å². The van der Waals surface area contributed by atoms with Crippen LogP contribution in [0.4, 0.5) is 0 Å². The third kappa shape index (κ3) is 2.72. The number of hydrogen-bond acceptors (Lipinski definition) is 2. The molecule has 0 aliphatic carbocycles. The second-order valence-corrected chi connectivity index (χ2v) is 4.50. The van der Waals surface area contributed by atoms with Crippen molar-refractivity contribution < 1.29 is 5.11 Å². The Bertz CT molecular complexity index is 333. The van der Waals surface area contributed by atoms with Crippen LogP contribution in [-0.2, 0) is 0 Å². The van der Waals surface area contributed by atoms with Crippen molar-refractivity contribution in [2.24, 2.45) is 0 Å². The molecule has 1 aromatic carbocycles. The second-order valence-electron chi connectivity index (χ2n) is 4.50. The molecule has 0 radical (unpaired) electrons. The summed E-state index contributed by atoms with van der Waals surface area (Å²) in [4.78, 5) is 2.24. The summed E-state index contributed by atoms with van der Waals surface area (Å²) in [5.41, 5.74) is 2.09. The van der Waals surface area contributed by atoms with Crippen molar-refractivity contribution in [2.75, 3.05) is 7.05 Å². The summed E-state index contributed by atoms with van der Waals surface area (Å²) in [5.74, 6) is 0.398. The van der Waals surface area contributed by atoms with Crippen molar-refractivity contribution in [3.63, 3.8) is 0 Å². The Kier molecular flexibility index (Phi) is 3.75. The lowest BCUT2D eigenvalue weighted by Gasteiger charge is -2.29. The van der Waals surface area contributed by atoms with Crippen molar-refractivity contribution in [1.82, 2.24) is 4.90 Å². The Labute approximate surface area is 92.5 Å². The van der Waals surface area contributed by atoms with Gasteiger partial charge in [-0.2, -0.15) is 0 Å². The molecule has 1 N–H and O–H groups in total. The normalized spacial score (nSPS) is 13.5. The highest BCUT2D eigenvalue weighted by atomic mass is 16.3. The maximum Gasteiger partial charge on any atom is 0.120 e. The first-order valence-electron chi connectivity index (χ1n) is 5.45. The van der Waals surface area contributed by atoms with Crippen LogP contribution in [-0.4, -0.2) is 23.1 Å². The number of rotatable bonds is 3. The van der Waals surface area contributed by atoms with Crippen LogP contribution in [0.2, 0.25) is 0 Å². The molecule has 1 aromatic rings. The molecule has 0 bridgehead atoms. The minimum Gasteiger partial charge on any atom is -0.508 e. The van der Waals surface area contributed by atoms with Gasteiger partial charge in [0.2, 0.25) is 0 Å². The number of hydrogen-bond donors (Lipinski definition) is 1. The van der Waals surface area contributed by atoms with Gasteiger partial charge in [-0.25, -0.2) is 0 Å². The van der Waals surface area contributed by atoms with Crippen molar-refractivity contribution in [2.45, 2.75) is 39.8 Å². The lowest BCUT2D eigenvalue weighted by atomic mass is 10.0. The maximum absolute atomic E-state index is 9.87. The molecule has 15 heavy (non-hydrogen) atoms. The van der Waals surface area contributed by atoms with Crippen molar-refractivity contribution in [3.05, 3.63) is 29.3 Å². The SMILES string of the molecule is Cc1ccc(C(C)N(C)C(C)C)c(O)c1. The topological polar surface area (TPSA) is 23.5 Å². The zero-order chi connectivity index (χ0) is 11.6. The third-order valence-electron chi connectivity index (χ3n) is 3.06. The molecule has 0 spiro atoms. The molecule has 2 heteroatoms. The van der Waals surface area contributed by atoms with Gasteiger partial charge in [-0.3, -0.25) is 4.90 Å².